The zero-order valence-corrected chi connectivity index (χ0v) is 9.16. The van der Waals surface area contributed by atoms with Gasteiger partial charge >= 0.3 is 0 Å². The smallest absolute Gasteiger partial charge is 0.219 e. The monoisotopic (exact) mass is 217 g/mol. The van der Waals surface area contributed by atoms with Crippen molar-refractivity contribution in [3.63, 3.8) is 0 Å². The van der Waals surface area contributed by atoms with Crippen LogP contribution in [-0.2, 0) is 4.79 Å². The molecule has 4 heteroatoms. The van der Waals surface area contributed by atoms with Crippen molar-refractivity contribution in [2.45, 2.75) is 19.4 Å². The number of aryl methyl sites for hydroxylation is 1. The van der Waals surface area contributed by atoms with Crippen LogP contribution in [0.4, 0.5) is 0 Å². The number of hydrogen-bond acceptors (Lipinski definition) is 2. The maximum Gasteiger partial charge on any atom is 0.219 e. The fourth-order valence-electron chi connectivity index (χ4n) is 2.09. The van der Waals surface area contributed by atoms with Crippen LogP contribution < -0.4 is 11.5 Å². The number of amides is 1. The number of aromatic nitrogens is 1. The lowest BCUT2D eigenvalue weighted by Crippen LogP contribution is -2.21. The first-order valence-electron chi connectivity index (χ1n) is 5.20. The van der Waals surface area contributed by atoms with Crippen molar-refractivity contribution in [1.29, 1.82) is 0 Å². The van der Waals surface area contributed by atoms with Crippen molar-refractivity contribution in [3.8, 4) is 0 Å². The highest BCUT2D eigenvalue weighted by molar-refractivity contribution is 5.86. The van der Waals surface area contributed by atoms with Crippen molar-refractivity contribution in [2.75, 3.05) is 0 Å². The lowest BCUT2D eigenvalue weighted by Gasteiger charge is -2.09. The Morgan fingerprint density at radius 1 is 1.44 bits per heavy atom. The Morgan fingerprint density at radius 3 is 2.81 bits per heavy atom. The maximum atomic E-state index is 10.9. The Kier molecular flexibility index (Phi) is 2.66. The van der Waals surface area contributed by atoms with Gasteiger partial charge in [-0.25, -0.2) is 0 Å². The highest BCUT2D eigenvalue weighted by atomic mass is 16.1. The molecular weight excluding hydrogens is 202 g/mol. The Balaban J connectivity index is 2.50. The molecule has 0 fully saturated rings. The van der Waals surface area contributed by atoms with Gasteiger partial charge in [0, 0.05) is 29.1 Å². The van der Waals surface area contributed by atoms with Crippen LogP contribution in [0.1, 0.15) is 23.7 Å². The Labute approximate surface area is 93.6 Å². The van der Waals surface area contributed by atoms with Crippen LogP contribution in [0, 0.1) is 6.92 Å². The molecule has 0 aliphatic heterocycles. The minimum atomic E-state index is -0.378. The van der Waals surface area contributed by atoms with E-state index in [9.17, 15) is 4.79 Å². The average molecular weight is 217 g/mol. The first-order valence-corrected chi connectivity index (χ1v) is 5.20. The molecule has 84 valence electrons. The molecule has 0 aliphatic rings. The van der Waals surface area contributed by atoms with E-state index in [1.807, 2.05) is 31.2 Å². The standard InChI is InChI=1S/C12H15N3O/c1-7-12(9(13)6-11(14)16)8-4-2-3-5-10(8)15-7/h2-5,9,15H,6,13H2,1H3,(H2,14,16). The van der Waals surface area contributed by atoms with Gasteiger partial charge in [0.25, 0.3) is 0 Å². The number of rotatable bonds is 3. The summed E-state index contributed by atoms with van der Waals surface area (Å²) in [6.07, 6.45) is 0.169. The number of hydrogen-bond donors (Lipinski definition) is 3. The molecule has 0 aliphatic carbocycles. The molecule has 0 radical (unpaired) electrons. The third-order valence-electron chi connectivity index (χ3n) is 2.74. The minimum Gasteiger partial charge on any atom is -0.370 e. The number of benzene rings is 1. The zero-order valence-electron chi connectivity index (χ0n) is 9.16. The van der Waals surface area contributed by atoms with E-state index in [4.69, 9.17) is 11.5 Å². The van der Waals surface area contributed by atoms with Gasteiger partial charge in [-0.2, -0.15) is 0 Å². The number of nitrogens with two attached hydrogens (primary N) is 2. The molecule has 16 heavy (non-hydrogen) atoms. The van der Waals surface area contributed by atoms with Crippen LogP contribution in [0.25, 0.3) is 10.9 Å². The van der Waals surface area contributed by atoms with Crippen LogP contribution in [0.3, 0.4) is 0 Å². The van der Waals surface area contributed by atoms with Gasteiger partial charge in [0.1, 0.15) is 0 Å². The number of carbonyl (C=O) groups is 1. The molecule has 0 saturated carbocycles. The number of carbonyl (C=O) groups excluding carboxylic acids is 1. The molecule has 2 rings (SSSR count). The molecule has 1 unspecified atom stereocenters. The number of H-pyrrole nitrogens is 1. The predicted octanol–water partition coefficient (Wildman–Crippen LogP) is 1.35. The first-order chi connectivity index (χ1) is 7.59. The number of primary amides is 1. The molecule has 1 atom stereocenters. The van der Waals surface area contributed by atoms with Gasteiger partial charge in [-0.3, -0.25) is 4.79 Å². The van der Waals surface area contributed by atoms with Crippen molar-refractivity contribution >= 4 is 16.8 Å². The van der Waals surface area contributed by atoms with E-state index in [0.29, 0.717) is 0 Å². The quantitative estimate of drug-likeness (QED) is 0.725. The third kappa shape index (κ3) is 1.79. The van der Waals surface area contributed by atoms with Crippen molar-refractivity contribution in [1.82, 2.24) is 4.98 Å². The van der Waals surface area contributed by atoms with Gasteiger partial charge in [-0.05, 0) is 18.6 Å². The Hall–Kier alpha value is -1.81. The van der Waals surface area contributed by atoms with Crippen molar-refractivity contribution in [2.24, 2.45) is 11.5 Å². The second-order valence-corrected chi connectivity index (χ2v) is 3.99. The lowest BCUT2D eigenvalue weighted by atomic mass is 10.0. The van der Waals surface area contributed by atoms with E-state index in [2.05, 4.69) is 4.98 Å². The van der Waals surface area contributed by atoms with Gasteiger partial charge in [-0.1, -0.05) is 18.2 Å². The topological polar surface area (TPSA) is 84.9 Å². The van der Waals surface area contributed by atoms with Gasteiger partial charge < -0.3 is 16.5 Å². The molecule has 0 saturated heterocycles. The lowest BCUT2D eigenvalue weighted by molar-refractivity contribution is -0.118. The van der Waals surface area contributed by atoms with E-state index in [1.54, 1.807) is 0 Å². The highest BCUT2D eigenvalue weighted by Crippen LogP contribution is 2.27. The third-order valence-corrected chi connectivity index (χ3v) is 2.74. The zero-order chi connectivity index (χ0) is 11.7. The first kappa shape index (κ1) is 10.7. The number of nitrogens with one attached hydrogen (secondary N) is 1. The fraction of sp³-hybridized carbons (Fsp3) is 0.250. The summed E-state index contributed by atoms with van der Waals surface area (Å²) in [5, 5.41) is 1.06. The summed E-state index contributed by atoms with van der Waals surface area (Å²) in [7, 11) is 0. The molecule has 1 aromatic heterocycles. The molecule has 4 nitrogen and oxygen atoms in total. The van der Waals surface area contributed by atoms with Crippen LogP contribution in [0.5, 0.6) is 0 Å². The van der Waals surface area contributed by atoms with E-state index in [0.717, 1.165) is 22.2 Å². The van der Waals surface area contributed by atoms with Gasteiger partial charge in [0.05, 0.1) is 0 Å². The van der Waals surface area contributed by atoms with E-state index < -0.39 is 0 Å². The summed E-state index contributed by atoms with van der Waals surface area (Å²) in [4.78, 5) is 14.1. The van der Waals surface area contributed by atoms with E-state index in [1.165, 1.54) is 0 Å². The van der Waals surface area contributed by atoms with Crippen LogP contribution >= 0.6 is 0 Å². The maximum absolute atomic E-state index is 10.9. The van der Waals surface area contributed by atoms with Crippen LogP contribution in [0.15, 0.2) is 24.3 Å². The van der Waals surface area contributed by atoms with Crippen molar-refractivity contribution in [3.05, 3.63) is 35.5 Å². The van der Waals surface area contributed by atoms with Gasteiger partial charge in [0.15, 0.2) is 0 Å². The fourth-order valence-corrected chi connectivity index (χ4v) is 2.09. The summed E-state index contributed by atoms with van der Waals surface area (Å²) in [5.74, 6) is -0.378. The summed E-state index contributed by atoms with van der Waals surface area (Å²) < 4.78 is 0. The SMILES string of the molecule is Cc1[nH]c2ccccc2c1C(N)CC(N)=O. The predicted molar refractivity (Wildman–Crippen MR) is 63.8 cm³/mol. The summed E-state index contributed by atoms with van der Waals surface area (Å²) >= 11 is 0. The van der Waals surface area contributed by atoms with Gasteiger partial charge in [-0.15, -0.1) is 0 Å². The number of para-hydroxylation sites is 1. The molecule has 0 spiro atoms. The average Bonchev–Trinajstić information content (AvgIpc) is 2.52. The molecule has 5 N–H and O–H groups in total. The molecular formula is C12H15N3O. The molecule has 2 aromatic rings. The number of aromatic amines is 1. The normalized spacial score (nSPS) is 12.9. The molecule has 1 heterocycles. The van der Waals surface area contributed by atoms with Gasteiger partial charge in [0.2, 0.25) is 5.91 Å². The van der Waals surface area contributed by atoms with E-state index >= 15 is 0 Å². The second-order valence-electron chi connectivity index (χ2n) is 3.99. The Morgan fingerprint density at radius 2 is 2.12 bits per heavy atom. The highest BCUT2D eigenvalue weighted by Gasteiger charge is 2.16. The molecule has 0 bridgehead atoms. The summed E-state index contributed by atoms with van der Waals surface area (Å²) in [5.41, 5.74) is 14.2. The largest absolute Gasteiger partial charge is 0.370 e. The van der Waals surface area contributed by atoms with E-state index in [-0.39, 0.29) is 18.4 Å². The summed E-state index contributed by atoms with van der Waals surface area (Å²) in [6.45, 7) is 1.95. The van der Waals surface area contributed by atoms with Crippen LogP contribution in [0.2, 0.25) is 0 Å². The Bertz CT molecular complexity index is 530. The van der Waals surface area contributed by atoms with Crippen LogP contribution in [-0.4, -0.2) is 10.9 Å². The molecule has 1 amide bonds. The second kappa shape index (κ2) is 3.98. The molecule has 1 aromatic carbocycles. The number of fused-ring (bicyclic) bond motifs is 1. The summed E-state index contributed by atoms with van der Waals surface area (Å²) in [6, 6.07) is 7.56. The minimum absolute atomic E-state index is 0.169. The van der Waals surface area contributed by atoms with Crippen molar-refractivity contribution < 1.29 is 4.79 Å².